The lowest BCUT2D eigenvalue weighted by Crippen LogP contribution is -2.47. The minimum Gasteiger partial charge on any atom is -0.469 e. The van der Waals surface area contributed by atoms with E-state index in [0.29, 0.717) is 54.1 Å². The average molecular weight is 515 g/mol. The van der Waals surface area contributed by atoms with Crippen LogP contribution in [0.25, 0.3) is 0 Å². The molecule has 0 atom stereocenters. The minimum atomic E-state index is -3.51. The van der Waals surface area contributed by atoms with Crippen LogP contribution in [0.3, 0.4) is 0 Å². The van der Waals surface area contributed by atoms with E-state index >= 15 is 0 Å². The Bertz CT molecular complexity index is 1360. The number of halogens is 1. The molecule has 0 spiro atoms. The first kappa shape index (κ1) is 23.4. The maximum atomic E-state index is 12.9. The molecular formula is C23H23ClN6O4S. The lowest BCUT2D eigenvalue weighted by Gasteiger charge is -2.38. The normalized spacial score (nSPS) is 16.8. The van der Waals surface area contributed by atoms with Gasteiger partial charge in [0.1, 0.15) is 10.7 Å². The number of hydrogen-bond acceptors (Lipinski definition) is 10. The third kappa shape index (κ3) is 4.92. The maximum Gasteiger partial charge on any atom is 0.309 e. The van der Waals surface area contributed by atoms with Crippen molar-refractivity contribution < 1.29 is 17.9 Å². The average Bonchev–Trinajstić information content (AvgIpc) is 2.80. The molecule has 35 heavy (non-hydrogen) atoms. The summed E-state index contributed by atoms with van der Waals surface area (Å²) in [7, 11) is -2.16. The zero-order chi connectivity index (χ0) is 24.6. The molecule has 2 aromatic heterocycles. The Balaban J connectivity index is 1.41. The molecule has 12 heteroatoms. The van der Waals surface area contributed by atoms with E-state index in [1.165, 1.54) is 7.11 Å². The number of methoxy groups -OCH3 is 1. The van der Waals surface area contributed by atoms with Crippen LogP contribution < -0.4 is 10.2 Å². The largest absolute Gasteiger partial charge is 0.469 e. The van der Waals surface area contributed by atoms with Crippen LogP contribution in [-0.2, 0) is 32.2 Å². The zero-order valence-corrected chi connectivity index (χ0v) is 20.5. The molecule has 2 aliphatic rings. The molecule has 1 N–H and O–H groups in total. The van der Waals surface area contributed by atoms with Gasteiger partial charge in [0.15, 0.2) is 15.7 Å². The predicted molar refractivity (Wildman–Crippen MR) is 130 cm³/mol. The summed E-state index contributed by atoms with van der Waals surface area (Å²) in [5.41, 5.74) is 1.97. The molecular weight excluding hydrogens is 492 g/mol. The number of aromatic nitrogens is 4. The molecule has 0 radical (unpaired) electrons. The first-order chi connectivity index (χ1) is 16.8. The summed E-state index contributed by atoms with van der Waals surface area (Å²) >= 11 is 5.88. The molecule has 5 rings (SSSR count). The fourth-order valence-corrected chi connectivity index (χ4v) is 5.88. The van der Waals surface area contributed by atoms with E-state index in [9.17, 15) is 13.2 Å². The highest BCUT2D eigenvalue weighted by Gasteiger charge is 2.35. The molecule has 0 unspecified atom stereocenters. The maximum absolute atomic E-state index is 12.9. The van der Waals surface area contributed by atoms with Gasteiger partial charge in [0.25, 0.3) is 0 Å². The third-order valence-corrected chi connectivity index (χ3v) is 8.10. The summed E-state index contributed by atoms with van der Waals surface area (Å²) in [4.78, 5) is 31.5. The summed E-state index contributed by atoms with van der Waals surface area (Å²) in [5, 5.41) is 3.65. The third-order valence-electron chi connectivity index (χ3n) is 6.02. The van der Waals surface area contributed by atoms with E-state index < -0.39 is 9.84 Å². The van der Waals surface area contributed by atoms with Crippen molar-refractivity contribution in [1.29, 1.82) is 0 Å². The zero-order valence-electron chi connectivity index (χ0n) is 18.9. The second-order valence-corrected chi connectivity index (χ2v) is 11.0. The highest BCUT2D eigenvalue weighted by molar-refractivity contribution is 7.91. The molecule has 1 fully saturated rings. The van der Waals surface area contributed by atoms with E-state index in [1.807, 2.05) is 4.90 Å². The predicted octanol–water partition coefficient (Wildman–Crippen LogP) is 2.70. The van der Waals surface area contributed by atoms with E-state index in [-0.39, 0.29) is 34.8 Å². The molecule has 2 aliphatic heterocycles. The van der Waals surface area contributed by atoms with E-state index in [2.05, 4.69) is 25.3 Å². The number of nitrogens with zero attached hydrogens (tertiary/aromatic N) is 5. The first-order valence-corrected chi connectivity index (χ1v) is 13.1. The molecule has 1 aromatic carbocycles. The fraction of sp³-hybridized carbons (Fsp3) is 0.348. The van der Waals surface area contributed by atoms with Crippen LogP contribution in [-0.4, -0.2) is 60.3 Å². The Hall–Kier alpha value is -3.31. The number of sulfone groups is 1. The van der Waals surface area contributed by atoms with Gasteiger partial charge < -0.3 is 15.0 Å². The Morgan fingerprint density at radius 1 is 1.17 bits per heavy atom. The number of benzene rings is 1. The van der Waals surface area contributed by atoms with Gasteiger partial charge in [-0.05, 0) is 30.5 Å². The molecule has 3 aromatic rings. The standard InChI is InChI=1S/C23H23ClN6O4S/c1-34-19(31)9-14-4-6-17(7-5-14)27-22-20-18(3-2-8-35(20,32)33)28-23(29-22)30-12-15(13-30)21-25-10-16(24)11-26-21/h4-7,10-11,15H,2-3,8-9,12-13H2,1H3,(H,27,28,29). The summed E-state index contributed by atoms with van der Waals surface area (Å²) in [6.07, 6.45) is 4.39. The SMILES string of the molecule is COC(=O)Cc1ccc(Nc2nc(N3CC(c4ncc(Cl)cn4)C3)nc3c2S(=O)(=O)CCC3)cc1. The molecule has 0 aliphatic carbocycles. The Morgan fingerprint density at radius 3 is 2.57 bits per heavy atom. The van der Waals surface area contributed by atoms with Crippen LogP contribution in [0.5, 0.6) is 0 Å². The summed E-state index contributed by atoms with van der Waals surface area (Å²) in [6.45, 7) is 1.24. The monoisotopic (exact) mass is 514 g/mol. The second kappa shape index (κ2) is 9.38. The van der Waals surface area contributed by atoms with Gasteiger partial charge in [-0.15, -0.1) is 0 Å². The second-order valence-electron chi connectivity index (χ2n) is 8.51. The van der Waals surface area contributed by atoms with E-state index in [1.54, 1.807) is 36.7 Å². The quantitative estimate of drug-likeness (QED) is 0.490. The van der Waals surface area contributed by atoms with Gasteiger partial charge in [-0.2, -0.15) is 4.98 Å². The summed E-state index contributed by atoms with van der Waals surface area (Å²) < 4.78 is 30.5. The Kier molecular flexibility index (Phi) is 6.28. The molecule has 182 valence electrons. The Morgan fingerprint density at radius 2 is 1.89 bits per heavy atom. The van der Waals surface area contributed by atoms with Gasteiger partial charge >= 0.3 is 5.97 Å². The molecule has 4 heterocycles. The number of rotatable bonds is 6. The van der Waals surface area contributed by atoms with Crippen molar-refractivity contribution >= 4 is 44.9 Å². The number of esters is 1. The van der Waals surface area contributed by atoms with Crippen LogP contribution in [0.4, 0.5) is 17.5 Å². The number of hydrogen-bond donors (Lipinski definition) is 1. The molecule has 1 saturated heterocycles. The van der Waals surface area contributed by atoms with Gasteiger partial charge in [0.05, 0.1) is 35.9 Å². The Labute approximate surface area is 207 Å². The molecule has 10 nitrogen and oxygen atoms in total. The van der Waals surface area contributed by atoms with Crippen LogP contribution in [0, 0.1) is 0 Å². The van der Waals surface area contributed by atoms with Crippen molar-refractivity contribution in [3.05, 3.63) is 58.8 Å². The van der Waals surface area contributed by atoms with Crippen molar-refractivity contribution in [2.75, 3.05) is 36.2 Å². The van der Waals surface area contributed by atoms with Crippen molar-refractivity contribution in [3.8, 4) is 0 Å². The van der Waals surface area contributed by atoms with Gasteiger partial charge in [-0.25, -0.2) is 23.4 Å². The van der Waals surface area contributed by atoms with Gasteiger partial charge in [-0.1, -0.05) is 23.7 Å². The van der Waals surface area contributed by atoms with Crippen molar-refractivity contribution in [3.63, 3.8) is 0 Å². The number of ether oxygens (including phenoxy) is 1. The summed E-state index contributed by atoms with van der Waals surface area (Å²) in [6, 6.07) is 7.13. The number of carbonyl (C=O) groups excluding carboxylic acids is 1. The molecule has 0 saturated carbocycles. The smallest absolute Gasteiger partial charge is 0.309 e. The highest BCUT2D eigenvalue weighted by atomic mass is 35.5. The van der Waals surface area contributed by atoms with E-state index in [0.717, 1.165) is 5.56 Å². The lowest BCUT2D eigenvalue weighted by atomic mass is 10.00. The number of nitrogens with one attached hydrogen (secondary N) is 1. The minimum absolute atomic E-state index is 0.0646. The fourth-order valence-electron chi connectivity index (χ4n) is 4.16. The number of aryl methyl sites for hydroxylation is 1. The van der Waals surface area contributed by atoms with Crippen LogP contribution in [0.15, 0.2) is 41.6 Å². The van der Waals surface area contributed by atoms with Gasteiger partial charge in [-0.3, -0.25) is 4.79 Å². The van der Waals surface area contributed by atoms with Crippen LogP contribution in [0.1, 0.15) is 29.4 Å². The van der Waals surface area contributed by atoms with Gasteiger partial charge in [0.2, 0.25) is 5.95 Å². The summed E-state index contributed by atoms with van der Waals surface area (Å²) in [5.74, 6) is 1.29. The number of fused-ring (bicyclic) bond motifs is 1. The number of carbonyl (C=O) groups is 1. The topological polar surface area (TPSA) is 127 Å². The lowest BCUT2D eigenvalue weighted by molar-refractivity contribution is -0.139. The highest BCUT2D eigenvalue weighted by Crippen LogP contribution is 2.35. The van der Waals surface area contributed by atoms with Crippen molar-refractivity contribution in [1.82, 2.24) is 19.9 Å². The van der Waals surface area contributed by atoms with Crippen LogP contribution >= 0.6 is 11.6 Å². The van der Waals surface area contributed by atoms with Crippen LogP contribution in [0.2, 0.25) is 5.02 Å². The number of anilines is 3. The molecule has 0 amide bonds. The van der Waals surface area contributed by atoms with Gasteiger partial charge in [0, 0.05) is 31.2 Å². The van der Waals surface area contributed by atoms with Crippen molar-refractivity contribution in [2.24, 2.45) is 0 Å². The van der Waals surface area contributed by atoms with E-state index in [4.69, 9.17) is 16.3 Å². The first-order valence-electron chi connectivity index (χ1n) is 11.1. The van der Waals surface area contributed by atoms with Crippen molar-refractivity contribution in [2.45, 2.75) is 30.1 Å². The molecule has 0 bridgehead atoms.